The van der Waals surface area contributed by atoms with Crippen LogP contribution in [0.5, 0.6) is 0 Å². The van der Waals surface area contributed by atoms with Crippen molar-refractivity contribution in [1.82, 2.24) is 9.55 Å². The van der Waals surface area contributed by atoms with Crippen LogP contribution in [0.3, 0.4) is 0 Å². The predicted octanol–water partition coefficient (Wildman–Crippen LogP) is 2.75. The van der Waals surface area contributed by atoms with Crippen LogP contribution in [0.15, 0.2) is 59.5 Å². The SMILES string of the molecule is CCCn1c(=O)ncc2cc(NS(=O)(=O)Cc3ccccc3)ccc21. The van der Waals surface area contributed by atoms with E-state index in [0.29, 0.717) is 23.2 Å². The zero-order valence-corrected chi connectivity index (χ0v) is 14.7. The fraction of sp³-hybridized carbons (Fsp3) is 0.222. The lowest BCUT2D eigenvalue weighted by molar-refractivity contribution is 0.600. The smallest absolute Gasteiger partial charge is 0.292 e. The predicted molar refractivity (Wildman–Crippen MR) is 99.0 cm³/mol. The number of hydrogen-bond acceptors (Lipinski definition) is 4. The number of anilines is 1. The molecule has 0 spiro atoms. The third-order valence-corrected chi connectivity index (χ3v) is 5.04. The van der Waals surface area contributed by atoms with Crippen LogP contribution in [0.25, 0.3) is 10.9 Å². The van der Waals surface area contributed by atoms with E-state index in [1.807, 2.05) is 13.0 Å². The molecule has 2 aromatic carbocycles. The van der Waals surface area contributed by atoms with E-state index < -0.39 is 10.0 Å². The van der Waals surface area contributed by atoms with Crippen LogP contribution < -0.4 is 10.4 Å². The highest BCUT2D eigenvalue weighted by Crippen LogP contribution is 2.19. The van der Waals surface area contributed by atoms with Gasteiger partial charge in [-0.3, -0.25) is 9.29 Å². The molecule has 1 N–H and O–H groups in total. The lowest BCUT2D eigenvalue weighted by atomic mass is 10.2. The zero-order valence-electron chi connectivity index (χ0n) is 13.8. The maximum absolute atomic E-state index is 12.3. The minimum Gasteiger partial charge on any atom is -0.292 e. The summed E-state index contributed by atoms with van der Waals surface area (Å²) in [6.45, 7) is 2.56. The fourth-order valence-corrected chi connectivity index (χ4v) is 3.90. The molecule has 25 heavy (non-hydrogen) atoms. The average Bonchev–Trinajstić information content (AvgIpc) is 2.57. The maximum Gasteiger partial charge on any atom is 0.348 e. The van der Waals surface area contributed by atoms with Gasteiger partial charge in [0.2, 0.25) is 10.0 Å². The molecule has 0 unspecified atom stereocenters. The molecule has 0 atom stereocenters. The number of aromatic nitrogens is 2. The number of benzene rings is 2. The molecule has 0 aliphatic heterocycles. The summed E-state index contributed by atoms with van der Waals surface area (Å²) in [6.07, 6.45) is 2.28. The number of rotatable bonds is 6. The molecule has 0 radical (unpaired) electrons. The summed E-state index contributed by atoms with van der Waals surface area (Å²) >= 11 is 0. The monoisotopic (exact) mass is 357 g/mol. The standard InChI is InChI=1S/C18H19N3O3S/c1-2-10-21-17-9-8-16(11-15(17)12-19-18(21)22)20-25(23,24)13-14-6-4-3-5-7-14/h3-9,11-12,20H,2,10,13H2,1H3. The molecule has 6 nitrogen and oxygen atoms in total. The van der Waals surface area contributed by atoms with Gasteiger partial charge in [-0.1, -0.05) is 37.3 Å². The molecule has 0 aliphatic carbocycles. The second kappa shape index (κ2) is 7.06. The highest BCUT2D eigenvalue weighted by atomic mass is 32.2. The van der Waals surface area contributed by atoms with E-state index in [4.69, 9.17) is 0 Å². The Kier molecular flexibility index (Phi) is 4.85. The number of hydrogen-bond donors (Lipinski definition) is 1. The topological polar surface area (TPSA) is 81.1 Å². The van der Waals surface area contributed by atoms with Gasteiger partial charge in [-0.05, 0) is 30.2 Å². The van der Waals surface area contributed by atoms with E-state index >= 15 is 0 Å². The Balaban J connectivity index is 1.89. The molecule has 0 aliphatic rings. The largest absolute Gasteiger partial charge is 0.348 e. The van der Waals surface area contributed by atoms with Crippen molar-refractivity contribution >= 4 is 26.6 Å². The molecular formula is C18H19N3O3S. The number of nitrogens with zero attached hydrogens (tertiary/aromatic N) is 2. The Morgan fingerprint density at radius 2 is 1.88 bits per heavy atom. The highest BCUT2D eigenvalue weighted by molar-refractivity contribution is 7.91. The van der Waals surface area contributed by atoms with Crippen LogP contribution in [-0.4, -0.2) is 18.0 Å². The third kappa shape index (κ3) is 4.06. The first-order valence-electron chi connectivity index (χ1n) is 8.02. The molecule has 1 heterocycles. The van der Waals surface area contributed by atoms with Gasteiger partial charge in [-0.15, -0.1) is 0 Å². The van der Waals surface area contributed by atoms with E-state index in [9.17, 15) is 13.2 Å². The van der Waals surface area contributed by atoms with Crippen LogP contribution in [0.4, 0.5) is 5.69 Å². The van der Waals surface area contributed by atoms with Crippen LogP contribution in [0.1, 0.15) is 18.9 Å². The van der Waals surface area contributed by atoms with Gasteiger partial charge in [0.1, 0.15) is 0 Å². The molecule has 0 fully saturated rings. The number of sulfonamides is 1. The van der Waals surface area contributed by atoms with Gasteiger partial charge >= 0.3 is 5.69 Å². The van der Waals surface area contributed by atoms with Gasteiger partial charge in [-0.2, -0.15) is 0 Å². The van der Waals surface area contributed by atoms with Crippen LogP contribution >= 0.6 is 0 Å². The lowest BCUT2D eigenvalue weighted by Gasteiger charge is -2.11. The van der Waals surface area contributed by atoms with Gasteiger partial charge in [0, 0.05) is 23.8 Å². The van der Waals surface area contributed by atoms with E-state index in [1.165, 1.54) is 6.20 Å². The van der Waals surface area contributed by atoms with E-state index in [-0.39, 0.29) is 11.4 Å². The molecule has 1 aromatic heterocycles. The molecule has 0 amide bonds. The van der Waals surface area contributed by atoms with Crippen molar-refractivity contribution in [3.8, 4) is 0 Å². The van der Waals surface area contributed by atoms with E-state index in [2.05, 4.69) is 9.71 Å². The zero-order chi connectivity index (χ0) is 17.9. The van der Waals surface area contributed by atoms with Crippen LogP contribution in [0.2, 0.25) is 0 Å². The van der Waals surface area contributed by atoms with Crippen LogP contribution in [0, 0.1) is 0 Å². The van der Waals surface area contributed by atoms with Crippen molar-refractivity contribution in [1.29, 1.82) is 0 Å². The first-order valence-corrected chi connectivity index (χ1v) is 9.68. The van der Waals surface area contributed by atoms with E-state index in [0.717, 1.165) is 11.9 Å². The summed E-state index contributed by atoms with van der Waals surface area (Å²) in [6, 6.07) is 14.1. The first kappa shape index (κ1) is 17.2. The molecule has 0 bridgehead atoms. The normalized spacial score (nSPS) is 11.6. The molecular weight excluding hydrogens is 338 g/mol. The quantitative estimate of drug-likeness (QED) is 0.735. The average molecular weight is 357 g/mol. The summed E-state index contributed by atoms with van der Waals surface area (Å²) in [7, 11) is -3.52. The second-order valence-corrected chi connectivity index (χ2v) is 7.54. The van der Waals surface area contributed by atoms with Gasteiger partial charge in [0.15, 0.2) is 0 Å². The molecule has 3 aromatic rings. The maximum atomic E-state index is 12.3. The Bertz CT molecular complexity index is 1040. The van der Waals surface area contributed by atoms with Crippen molar-refractivity contribution in [2.24, 2.45) is 0 Å². The van der Waals surface area contributed by atoms with Crippen molar-refractivity contribution < 1.29 is 8.42 Å². The summed E-state index contributed by atoms with van der Waals surface area (Å²) in [5, 5.41) is 0.716. The lowest BCUT2D eigenvalue weighted by Crippen LogP contribution is -2.22. The Morgan fingerprint density at radius 3 is 2.60 bits per heavy atom. The summed E-state index contributed by atoms with van der Waals surface area (Å²) in [5.74, 6) is -0.0978. The summed E-state index contributed by atoms with van der Waals surface area (Å²) < 4.78 is 28.9. The third-order valence-electron chi connectivity index (χ3n) is 3.78. The molecule has 0 saturated carbocycles. The Hall–Kier alpha value is -2.67. The van der Waals surface area contributed by atoms with Gasteiger partial charge in [-0.25, -0.2) is 18.2 Å². The summed E-state index contributed by atoms with van der Waals surface area (Å²) in [5.41, 5.74) is 1.61. The number of nitrogens with one attached hydrogen (secondary N) is 1. The molecule has 130 valence electrons. The molecule has 7 heteroatoms. The molecule has 0 saturated heterocycles. The van der Waals surface area contributed by atoms with Crippen molar-refractivity contribution in [3.05, 3.63) is 70.8 Å². The fourth-order valence-electron chi connectivity index (χ4n) is 2.71. The molecule has 3 rings (SSSR count). The minimum atomic E-state index is -3.52. The van der Waals surface area contributed by atoms with Gasteiger partial charge < -0.3 is 0 Å². The Labute approximate surface area is 146 Å². The van der Waals surface area contributed by atoms with Gasteiger partial charge in [0.05, 0.1) is 11.3 Å². The summed E-state index contributed by atoms with van der Waals surface area (Å²) in [4.78, 5) is 15.7. The van der Waals surface area contributed by atoms with Gasteiger partial charge in [0.25, 0.3) is 0 Å². The second-order valence-electron chi connectivity index (χ2n) is 5.81. The highest BCUT2D eigenvalue weighted by Gasteiger charge is 2.12. The van der Waals surface area contributed by atoms with Crippen molar-refractivity contribution in [2.45, 2.75) is 25.6 Å². The number of fused-ring (bicyclic) bond motifs is 1. The Morgan fingerprint density at radius 1 is 1.12 bits per heavy atom. The number of aryl methyl sites for hydroxylation is 1. The first-order chi connectivity index (χ1) is 12.0. The van der Waals surface area contributed by atoms with Crippen molar-refractivity contribution in [2.75, 3.05) is 4.72 Å². The van der Waals surface area contributed by atoms with Crippen LogP contribution in [-0.2, 0) is 22.3 Å². The minimum absolute atomic E-state index is 0.0978. The van der Waals surface area contributed by atoms with E-state index in [1.54, 1.807) is 47.0 Å². The van der Waals surface area contributed by atoms with Crippen molar-refractivity contribution in [3.63, 3.8) is 0 Å².